The minimum atomic E-state index is -5.86. The zero-order chi connectivity index (χ0) is 38.0. The molecule has 0 heterocycles. The monoisotopic (exact) mass is 714 g/mol. The average Bonchev–Trinajstić information content (AvgIpc) is 3.09. The highest BCUT2D eigenvalue weighted by atomic mass is 19.4. The summed E-state index contributed by atoms with van der Waals surface area (Å²) in [6, 6.07) is 18.0. The second-order valence-corrected chi connectivity index (χ2v) is 13.3. The van der Waals surface area contributed by atoms with Crippen molar-refractivity contribution >= 4 is 17.2 Å². The molecule has 11 heteroatoms. The number of alkyl halides is 6. The van der Waals surface area contributed by atoms with E-state index in [1.54, 1.807) is 19.1 Å². The second-order valence-electron chi connectivity index (χ2n) is 13.3. The third-order valence-electron chi connectivity index (χ3n) is 10.3. The lowest BCUT2D eigenvalue weighted by Gasteiger charge is -2.39. The van der Waals surface area contributed by atoms with Gasteiger partial charge in [-0.05, 0) is 103 Å². The van der Waals surface area contributed by atoms with Crippen LogP contribution in [0.1, 0.15) is 99.8 Å². The van der Waals surface area contributed by atoms with Gasteiger partial charge in [0.15, 0.2) is 5.78 Å². The van der Waals surface area contributed by atoms with E-state index in [1.807, 2.05) is 26.0 Å². The van der Waals surface area contributed by atoms with Crippen molar-refractivity contribution in [3.63, 3.8) is 0 Å². The summed E-state index contributed by atoms with van der Waals surface area (Å²) in [4.78, 5) is 13.1. The molecular weight excluding hydrogens is 670 g/mol. The molecule has 0 aromatic heterocycles. The molecule has 0 unspecified atom stereocenters. The maximum absolute atomic E-state index is 14.9. The lowest BCUT2D eigenvalue weighted by Crippen LogP contribution is -2.54. The highest BCUT2D eigenvalue weighted by Gasteiger charge is 2.72. The first-order valence-corrected chi connectivity index (χ1v) is 16.8. The van der Waals surface area contributed by atoms with Gasteiger partial charge in [0, 0.05) is 11.1 Å². The summed E-state index contributed by atoms with van der Waals surface area (Å²) in [7, 11) is 0. The first-order valence-electron chi connectivity index (χ1n) is 16.8. The molecule has 0 aliphatic heterocycles. The second kappa shape index (κ2) is 14.5. The smallest absolute Gasteiger partial charge is 0.411 e. The quantitative estimate of drug-likeness (QED) is 0.0818. The van der Waals surface area contributed by atoms with Crippen molar-refractivity contribution in [2.45, 2.75) is 96.0 Å². The van der Waals surface area contributed by atoms with Gasteiger partial charge in [0.05, 0.1) is 11.4 Å². The number of anilines is 2. The molecule has 0 radical (unpaired) electrons. The molecule has 0 amide bonds. The first-order chi connectivity index (χ1) is 23.8. The zero-order valence-corrected chi connectivity index (χ0v) is 29.6. The van der Waals surface area contributed by atoms with Crippen LogP contribution in [0, 0.1) is 0 Å². The number of nitrogen functional groups attached to an aromatic ring is 2. The summed E-state index contributed by atoms with van der Waals surface area (Å²) in [5, 5.41) is 0. The topological polar surface area (TPSA) is 87.6 Å². The fraction of sp³-hybridized carbons (Fsp3) is 0.375. The van der Waals surface area contributed by atoms with Crippen molar-refractivity contribution in [2.75, 3.05) is 11.5 Å². The van der Waals surface area contributed by atoms with Crippen LogP contribution in [-0.2, 0) is 10.8 Å². The van der Waals surface area contributed by atoms with E-state index in [-0.39, 0.29) is 34.1 Å². The highest BCUT2D eigenvalue weighted by molar-refractivity contribution is 6.09. The van der Waals surface area contributed by atoms with E-state index in [9.17, 15) is 31.1 Å². The van der Waals surface area contributed by atoms with Gasteiger partial charge in [-0.25, -0.2) is 0 Å². The number of carbonyl (C=O) groups excluding carboxylic acids is 1. The first kappa shape index (κ1) is 39.1. The Morgan fingerprint density at radius 2 is 1.00 bits per heavy atom. The lowest BCUT2D eigenvalue weighted by molar-refractivity contribution is -0.288. The van der Waals surface area contributed by atoms with Crippen LogP contribution in [0.25, 0.3) is 0 Å². The van der Waals surface area contributed by atoms with E-state index < -0.39 is 40.2 Å². The number of hydrogen-bond donors (Lipinski definition) is 2. The SMILES string of the molecule is CCC(C)(CC)Oc1ccc(C(c2ccc(Oc3ccc(C(=O)c4ccc(C(C)(CC)CC)cc4)cc3)c(N)c2)(C(F)(F)F)C(F)(F)F)cc1N. The number of ether oxygens (including phenoxy) is 2. The molecule has 0 fully saturated rings. The summed E-state index contributed by atoms with van der Waals surface area (Å²) in [6.07, 6.45) is -8.75. The normalized spacial score (nSPS) is 12.9. The standard InChI is InChI=1S/C40H44F6N2O3/c1-7-36(5,8-2)27-15-11-25(12-16-27)35(49)26-13-19-30(20-14-26)50-33-21-17-28(23-31(33)47)38(39(41,42)43,40(44,45)46)29-18-22-34(32(48)24-29)51-37(6,9-3)10-4/h11-24H,7-10,47-48H2,1-6H3. The summed E-state index contributed by atoms with van der Waals surface area (Å²) in [5.74, 6) is -0.269. The van der Waals surface area contributed by atoms with E-state index >= 15 is 0 Å². The fourth-order valence-corrected chi connectivity index (χ4v) is 6.04. The summed E-state index contributed by atoms with van der Waals surface area (Å²) < 4.78 is 101. The van der Waals surface area contributed by atoms with Crippen LogP contribution in [-0.4, -0.2) is 23.7 Å². The zero-order valence-electron chi connectivity index (χ0n) is 29.6. The van der Waals surface area contributed by atoms with Crippen molar-refractivity contribution in [2.24, 2.45) is 0 Å². The molecule has 0 atom stereocenters. The number of carbonyl (C=O) groups is 1. The maximum atomic E-state index is 14.9. The summed E-state index contributed by atoms with van der Waals surface area (Å²) in [5.41, 5.74) is 5.68. The molecule has 4 aromatic rings. The van der Waals surface area contributed by atoms with Gasteiger partial charge in [0.2, 0.25) is 5.41 Å². The fourth-order valence-electron chi connectivity index (χ4n) is 6.04. The van der Waals surface area contributed by atoms with E-state index in [4.69, 9.17) is 20.9 Å². The predicted molar refractivity (Wildman–Crippen MR) is 189 cm³/mol. The largest absolute Gasteiger partial charge is 0.485 e. The third kappa shape index (κ3) is 7.53. The van der Waals surface area contributed by atoms with Gasteiger partial charge in [0.25, 0.3) is 0 Å². The minimum Gasteiger partial charge on any atom is -0.485 e. The van der Waals surface area contributed by atoms with E-state index in [0.29, 0.717) is 42.2 Å². The van der Waals surface area contributed by atoms with Crippen molar-refractivity contribution < 1.29 is 40.6 Å². The maximum Gasteiger partial charge on any atom is 0.411 e. The molecular formula is C40H44F6N2O3. The van der Waals surface area contributed by atoms with E-state index in [2.05, 4.69) is 20.8 Å². The molecule has 0 aliphatic rings. The number of halogens is 6. The number of ketones is 1. The van der Waals surface area contributed by atoms with Gasteiger partial charge >= 0.3 is 12.4 Å². The number of rotatable bonds is 13. The molecule has 4 N–H and O–H groups in total. The number of nitrogens with two attached hydrogens (primary N) is 2. The van der Waals surface area contributed by atoms with Crippen molar-refractivity contribution in [1.82, 2.24) is 0 Å². The lowest BCUT2D eigenvalue weighted by atomic mass is 9.72. The Bertz CT molecular complexity index is 1810. The Hall–Kier alpha value is -4.67. The molecule has 0 saturated carbocycles. The molecule has 4 rings (SSSR count). The van der Waals surface area contributed by atoms with Crippen molar-refractivity contribution in [3.05, 3.63) is 113 Å². The van der Waals surface area contributed by atoms with Crippen LogP contribution < -0.4 is 20.9 Å². The Kier molecular flexibility index (Phi) is 11.1. The van der Waals surface area contributed by atoms with Crippen LogP contribution in [0.3, 0.4) is 0 Å². The van der Waals surface area contributed by atoms with Gasteiger partial charge in [-0.1, -0.05) is 71.0 Å². The summed E-state index contributed by atoms with van der Waals surface area (Å²) in [6.45, 7) is 11.9. The predicted octanol–water partition coefficient (Wildman–Crippen LogP) is 11.3. The van der Waals surface area contributed by atoms with E-state index in [1.165, 1.54) is 24.3 Å². The average molecular weight is 715 g/mol. The molecule has 0 saturated heterocycles. The molecule has 5 nitrogen and oxygen atoms in total. The van der Waals surface area contributed by atoms with Gasteiger partial charge in [-0.2, -0.15) is 26.3 Å². The number of hydrogen-bond acceptors (Lipinski definition) is 5. The Morgan fingerprint density at radius 1 is 0.588 bits per heavy atom. The van der Waals surface area contributed by atoms with Crippen LogP contribution in [0.4, 0.5) is 37.7 Å². The molecule has 0 bridgehead atoms. The summed E-state index contributed by atoms with van der Waals surface area (Å²) >= 11 is 0. The minimum absolute atomic E-state index is 0.00182. The Balaban J connectivity index is 1.64. The van der Waals surface area contributed by atoms with Crippen LogP contribution in [0.15, 0.2) is 84.9 Å². The van der Waals surface area contributed by atoms with E-state index in [0.717, 1.165) is 36.6 Å². The van der Waals surface area contributed by atoms with Gasteiger partial charge in [0.1, 0.15) is 22.8 Å². The Morgan fingerprint density at radius 3 is 1.39 bits per heavy atom. The van der Waals surface area contributed by atoms with Crippen LogP contribution >= 0.6 is 0 Å². The molecule has 51 heavy (non-hydrogen) atoms. The molecule has 0 aliphatic carbocycles. The van der Waals surface area contributed by atoms with Gasteiger partial charge < -0.3 is 20.9 Å². The van der Waals surface area contributed by atoms with Crippen molar-refractivity contribution in [3.8, 4) is 17.2 Å². The molecule has 4 aromatic carbocycles. The molecule has 0 spiro atoms. The number of benzene rings is 4. The van der Waals surface area contributed by atoms with Crippen LogP contribution in [0.2, 0.25) is 0 Å². The van der Waals surface area contributed by atoms with Gasteiger partial charge in [-0.15, -0.1) is 0 Å². The third-order valence-corrected chi connectivity index (χ3v) is 10.3. The van der Waals surface area contributed by atoms with Crippen LogP contribution in [0.5, 0.6) is 17.2 Å². The highest BCUT2D eigenvalue weighted by Crippen LogP contribution is 2.57. The van der Waals surface area contributed by atoms with Crippen molar-refractivity contribution in [1.29, 1.82) is 0 Å². The van der Waals surface area contributed by atoms with Gasteiger partial charge in [-0.3, -0.25) is 4.79 Å². The Labute approximate surface area is 295 Å². The molecule has 274 valence electrons.